The fourth-order valence-corrected chi connectivity index (χ4v) is 3.86. The number of aromatic nitrogens is 3. The molecule has 0 fully saturated rings. The lowest BCUT2D eigenvalue weighted by molar-refractivity contribution is -0.120. The van der Waals surface area contributed by atoms with E-state index in [0.29, 0.717) is 29.1 Å². The second-order valence-corrected chi connectivity index (χ2v) is 8.31. The number of hydrogen-bond acceptors (Lipinski definition) is 5. The Morgan fingerprint density at radius 3 is 2.72 bits per heavy atom. The van der Waals surface area contributed by atoms with Gasteiger partial charge in [0.15, 0.2) is 0 Å². The number of carbonyl (C=O) groups is 2. The molecular weight excluding hydrogens is 454 g/mol. The summed E-state index contributed by atoms with van der Waals surface area (Å²) in [7, 11) is 1.65. The summed E-state index contributed by atoms with van der Waals surface area (Å²) >= 11 is 0. The molecule has 2 amide bonds. The minimum atomic E-state index is -0.875. The van der Waals surface area contributed by atoms with Gasteiger partial charge in [-0.2, -0.15) is 9.78 Å². The van der Waals surface area contributed by atoms with Crippen LogP contribution in [-0.2, 0) is 11.2 Å². The van der Waals surface area contributed by atoms with Crippen LogP contribution in [0.25, 0.3) is 0 Å². The largest absolute Gasteiger partial charge is 0.489 e. The molecule has 0 saturated carbocycles. The molecule has 0 spiro atoms. The van der Waals surface area contributed by atoms with Crippen molar-refractivity contribution in [3.8, 4) is 17.6 Å². The number of carbonyl (C=O) groups excluding carboxylic acids is 2. The second kappa shape index (κ2) is 10.2. The molecule has 0 unspecified atom stereocenters. The van der Waals surface area contributed by atoms with E-state index < -0.39 is 12.1 Å². The number of hydrogen-bond donors (Lipinski definition) is 1. The molecule has 0 saturated heterocycles. The van der Waals surface area contributed by atoms with Gasteiger partial charge in [-0.15, -0.1) is 0 Å². The molecule has 8 heteroatoms. The van der Waals surface area contributed by atoms with Crippen LogP contribution in [0.4, 0.5) is 10.5 Å². The average Bonchev–Trinajstić information content (AvgIpc) is 3.35. The number of nitrogens with one attached hydrogen (secondary N) is 1. The minimum Gasteiger partial charge on any atom is -0.489 e. The van der Waals surface area contributed by atoms with Crippen molar-refractivity contribution >= 4 is 17.6 Å². The Balaban J connectivity index is 1.28. The van der Waals surface area contributed by atoms with E-state index in [-0.39, 0.29) is 12.5 Å². The van der Waals surface area contributed by atoms with E-state index in [4.69, 9.17) is 4.74 Å². The van der Waals surface area contributed by atoms with Gasteiger partial charge in [-0.3, -0.25) is 4.79 Å². The average molecular weight is 478 g/mol. The molecule has 4 aromatic rings. The van der Waals surface area contributed by atoms with Gasteiger partial charge in [-0.1, -0.05) is 42.3 Å². The van der Waals surface area contributed by atoms with Crippen LogP contribution >= 0.6 is 0 Å². The van der Waals surface area contributed by atoms with Crippen molar-refractivity contribution < 1.29 is 14.3 Å². The molecule has 1 aliphatic heterocycles. The van der Waals surface area contributed by atoms with Gasteiger partial charge in [-0.25, -0.2) is 9.78 Å². The smallest absolute Gasteiger partial charge is 0.342 e. The molecule has 3 heterocycles. The second-order valence-electron chi connectivity index (χ2n) is 8.31. The first-order valence-corrected chi connectivity index (χ1v) is 11.4. The molecule has 1 aliphatic rings. The fourth-order valence-electron chi connectivity index (χ4n) is 3.86. The summed E-state index contributed by atoms with van der Waals surface area (Å²) in [6.07, 6.45) is 5.65. The normalized spacial score (nSPS) is 14.6. The first kappa shape index (κ1) is 22.9. The molecule has 8 nitrogen and oxygen atoms in total. The molecule has 0 aliphatic carbocycles. The highest BCUT2D eigenvalue weighted by molar-refractivity contribution is 6.00. The van der Waals surface area contributed by atoms with Gasteiger partial charge in [0.2, 0.25) is 0 Å². The Bertz CT molecular complexity index is 1450. The zero-order valence-corrected chi connectivity index (χ0v) is 19.6. The third-order valence-electron chi connectivity index (χ3n) is 5.75. The maximum absolute atomic E-state index is 13.2. The number of fused-ring (bicyclic) bond motifs is 1. The predicted molar refractivity (Wildman–Crippen MR) is 135 cm³/mol. The van der Waals surface area contributed by atoms with Crippen molar-refractivity contribution in [2.75, 3.05) is 18.6 Å². The summed E-state index contributed by atoms with van der Waals surface area (Å²) in [6.45, 7) is -0.000977. The van der Waals surface area contributed by atoms with E-state index in [1.165, 1.54) is 9.58 Å². The quantitative estimate of drug-likeness (QED) is 0.458. The lowest BCUT2D eigenvalue weighted by Crippen LogP contribution is -2.50. The van der Waals surface area contributed by atoms with Crippen LogP contribution < -0.4 is 15.0 Å². The van der Waals surface area contributed by atoms with E-state index in [1.807, 2.05) is 54.6 Å². The highest BCUT2D eigenvalue weighted by Gasteiger charge is 2.31. The molecule has 1 atom stereocenters. The number of ether oxygens (including phenoxy) is 1. The molecule has 2 aromatic heterocycles. The van der Waals surface area contributed by atoms with Crippen LogP contribution in [0.5, 0.6) is 5.75 Å². The van der Waals surface area contributed by atoms with Crippen LogP contribution in [0.3, 0.4) is 0 Å². The van der Waals surface area contributed by atoms with Gasteiger partial charge in [-0.05, 0) is 47.4 Å². The molecule has 2 aromatic carbocycles. The number of anilines is 1. The zero-order valence-electron chi connectivity index (χ0n) is 19.6. The highest BCUT2D eigenvalue weighted by atomic mass is 16.5. The fraction of sp³-hybridized carbons (Fsp3) is 0.143. The molecule has 36 heavy (non-hydrogen) atoms. The first-order valence-electron chi connectivity index (χ1n) is 11.4. The maximum atomic E-state index is 13.2. The molecule has 1 N–H and O–H groups in total. The topological polar surface area (TPSA) is 89.4 Å². The number of amides is 2. The third kappa shape index (κ3) is 5.10. The van der Waals surface area contributed by atoms with Crippen LogP contribution in [0.1, 0.15) is 22.4 Å². The van der Waals surface area contributed by atoms with E-state index in [9.17, 15) is 9.59 Å². The SMILES string of the molecule is CN1C(=O)[C@H](NC(=O)n2cc(Cc3ccccc3)cn2)COc2ccc(C#Cc3ccccn3)cc21. The van der Waals surface area contributed by atoms with E-state index in [1.54, 1.807) is 37.8 Å². The maximum Gasteiger partial charge on any atom is 0.342 e. The Labute approximate surface area is 208 Å². The van der Waals surface area contributed by atoms with Crippen molar-refractivity contribution in [3.63, 3.8) is 0 Å². The van der Waals surface area contributed by atoms with Crippen molar-refractivity contribution in [1.82, 2.24) is 20.1 Å². The summed E-state index contributed by atoms with van der Waals surface area (Å²) in [5.41, 5.74) is 3.96. The molecule has 178 valence electrons. The molecular formula is C28H23N5O3. The summed E-state index contributed by atoms with van der Waals surface area (Å²) < 4.78 is 7.08. The highest BCUT2D eigenvalue weighted by Crippen LogP contribution is 2.31. The lowest BCUT2D eigenvalue weighted by Gasteiger charge is -2.20. The van der Waals surface area contributed by atoms with Gasteiger partial charge in [0.05, 0.1) is 11.9 Å². The summed E-state index contributed by atoms with van der Waals surface area (Å²) in [6, 6.07) is 19.5. The van der Waals surface area contributed by atoms with Crippen molar-refractivity contribution in [2.24, 2.45) is 0 Å². The summed E-state index contributed by atoms with van der Waals surface area (Å²) in [4.78, 5) is 31.7. The first-order chi connectivity index (χ1) is 17.6. The lowest BCUT2D eigenvalue weighted by atomic mass is 10.1. The molecule has 0 radical (unpaired) electrons. The standard InChI is InChI=1S/C28H23N5O3/c1-32-25-16-21(10-12-23-9-5-6-14-29-23)11-13-26(25)36-19-24(27(32)34)31-28(35)33-18-22(17-30-33)15-20-7-3-2-4-8-20/h2-9,11,13-14,16-18,24H,15,19H2,1H3,(H,31,35)/t24-/m1/s1. The Kier molecular flexibility index (Phi) is 6.45. The molecule has 5 rings (SSSR count). The minimum absolute atomic E-state index is 0.000977. The van der Waals surface area contributed by atoms with Crippen LogP contribution in [0.15, 0.2) is 85.3 Å². The summed E-state index contributed by atoms with van der Waals surface area (Å²) in [5.74, 6) is 6.31. The van der Waals surface area contributed by atoms with Crippen molar-refractivity contribution in [2.45, 2.75) is 12.5 Å². The Morgan fingerprint density at radius 1 is 1.08 bits per heavy atom. The van der Waals surface area contributed by atoms with E-state index in [2.05, 4.69) is 27.2 Å². The third-order valence-corrected chi connectivity index (χ3v) is 5.75. The Hall–Kier alpha value is -4.90. The number of nitrogens with zero attached hydrogens (tertiary/aromatic N) is 4. The van der Waals surface area contributed by atoms with Crippen molar-refractivity contribution in [1.29, 1.82) is 0 Å². The summed E-state index contributed by atoms with van der Waals surface area (Å²) in [5, 5.41) is 6.90. The van der Waals surface area contributed by atoms with Crippen LogP contribution in [-0.4, -0.2) is 46.4 Å². The number of benzene rings is 2. The van der Waals surface area contributed by atoms with Crippen LogP contribution in [0, 0.1) is 11.8 Å². The zero-order chi connectivity index (χ0) is 24.9. The van der Waals surface area contributed by atoms with Gasteiger partial charge in [0.1, 0.15) is 24.1 Å². The predicted octanol–water partition coefficient (Wildman–Crippen LogP) is 3.25. The number of likely N-dealkylation sites (N-methyl/N-ethyl adjacent to an activating group) is 1. The van der Waals surface area contributed by atoms with Crippen molar-refractivity contribution in [3.05, 3.63) is 108 Å². The van der Waals surface area contributed by atoms with Crippen LogP contribution in [0.2, 0.25) is 0 Å². The Morgan fingerprint density at radius 2 is 1.92 bits per heavy atom. The van der Waals surface area contributed by atoms with Gasteiger partial charge in [0.25, 0.3) is 5.91 Å². The van der Waals surface area contributed by atoms with Gasteiger partial charge >= 0.3 is 6.03 Å². The van der Waals surface area contributed by atoms with E-state index in [0.717, 1.165) is 11.1 Å². The van der Waals surface area contributed by atoms with Gasteiger partial charge < -0.3 is 15.0 Å². The number of pyridine rings is 1. The van der Waals surface area contributed by atoms with E-state index >= 15 is 0 Å². The number of rotatable bonds is 3. The molecule has 0 bridgehead atoms. The monoisotopic (exact) mass is 477 g/mol. The van der Waals surface area contributed by atoms with Gasteiger partial charge in [0, 0.05) is 31.4 Å².